The molecule has 2 amide bonds. The minimum atomic E-state index is -3.55. The van der Waals surface area contributed by atoms with Crippen LogP contribution in [0, 0.1) is 0 Å². The molecular formula is C22H22N6O5S. The van der Waals surface area contributed by atoms with Crippen LogP contribution in [-0.4, -0.2) is 42.8 Å². The summed E-state index contributed by atoms with van der Waals surface area (Å²) in [6.07, 6.45) is 2.11. The van der Waals surface area contributed by atoms with Gasteiger partial charge >= 0.3 is 0 Å². The number of amidine groups is 1. The number of carbonyl (C=O) groups is 2. The number of carbonyl (C=O) groups excluding carboxylic acids is 2. The Morgan fingerprint density at radius 3 is 2.50 bits per heavy atom. The molecule has 1 aliphatic heterocycles. The third kappa shape index (κ3) is 4.96. The Bertz CT molecular complexity index is 1450. The molecule has 0 radical (unpaired) electrons. The normalized spacial score (nSPS) is 15.0. The van der Waals surface area contributed by atoms with Crippen LogP contribution in [0.25, 0.3) is 10.8 Å². The number of aliphatic imine (C=N–C) groups is 1. The van der Waals surface area contributed by atoms with Crippen molar-refractivity contribution in [3.05, 3.63) is 70.1 Å². The van der Waals surface area contributed by atoms with Gasteiger partial charge in [-0.3, -0.25) is 34.9 Å². The van der Waals surface area contributed by atoms with E-state index < -0.39 is 21.5 Å². The molecule has 11 nitrogen and oxygen atoms in total. The second-order valence-corrected chi connectivity index (χ2v) is 9.24. The van der Waals surface area contributed by atoms with E-state index in [1.165, 1.54) is 6.07 Å². The Kier molecular flexibility index (Phi) is 6.68. The van der Waals surface area contributed by atoms with E-state index in [-0.39, 0.29) is 22.9 Å². The molecule has 0 saturated carbocycles. The smallest absolute Gasteiger partial charge is 0.273 e. The molecular weight excluding hydrogens is 460 g/mol. The molecule has 4 rings (SSSR count). The molecule has 1 aliphatic rings. The third-order valence-corrected chi connectivity index (χ3v) is 6.62. The van der Waals surface area contributed by atoms with Crippen LogP contribution in [0.4, 0.5) is 0 Å². The number of hydrazine groups is 1. The van der Waals surface area contributed by atoms with E-state index in [2.05, 4.69) is 30.8 Å². The van der Waals surface area contributed by atoms with E-state index in [1.807, 2.05) is 0 Å². The first-order valence-corrected chi connectivity index (χ1v) is 12.1. The van der Waals surface area contributed by atoms with Crippen LogP contribution in [0.3, 0.4) is 0 Å². The molecule has 0 bridgehead atoms. The summed E-state index contributed by atoms with van der Waals surface area (Å²) in [4.78, 5) is 40.8. The molecule has 3 aromatic rings. The first kappa shape index (κ1) is 23.1. The van der Waals surface area contributed by atoms with Crippen LogP contribution in [0.1, 0.15) is 41.7 Å². The molecule has 2 heterocycles. The van der Waals surface area contributed by atoms with Gasteiger partial charge in [-0.2, -0.15) is 5.10 Å². The molecule has 12 heteroatoms. The quantitative estimate of drug-likeness (QED) is 0.290. The maximum Gasteiger partial charge on any atom is 0.290 e. The number of H-pyrrole nitrogens is 1. The molecule has 1 aromatic heterocycles. The molecule has 0 saturated heterocycles. The fraction of sp³-hybridized carbons (Fsp3) is 0.227. The second-order valence-electron chi connectivity index (χ2n) is 7.59. The van der Waals surface area contributed by atoms with Gasteiger partial charge in [0, 0.05) is 23.9 Å². The van der Waals surface area contributed by atoms with Crippen molar-refractivity contribution in [2.24, 2.45) is 4.99 Å². The molecule has 34 heavy (non-hydrogen) atoms. The predicted molar refractivity (Wildman–Crippen MR) is 125 cm³/mol. The van der Waals surface area contributed by atoms with Crippen LogP contribution < -0.4 is 21.1 Å². The number of nitrogens with one attached hydrogen (secondary N) is 4. The number of aromatic amines is 1. The summed E-state index contributed by atoms with van der Waals surface area (Å²) in [5.74, 6) is -0.679. The van der Waals surface area contributed by atoms with Crippen molar-refractivity contribution in [3.8, 4) is 0 Å². The van der Waals surface area contributed by atoms with Crippen molar-refractivity contribution in [1.29, 1.82) is 0 Å². The lowest BCUT2D eigenvalue weighted by Crippen LogP contribution is -2.42. The minimum Gasteiger partial charge on any atom is -0.273 e. The summed E-state index contributed by atoms with van der Waals surface area (Å²) < 4.78 is 26.6. The molecule has 0 atom stereocenters. The maximum atomic E-state index is 12.4. The van der Waals surface area contributed by atoms with E-state index in [9.17, 15) is 22.8 Å². The van der Waals surface area contributed by atoms with E-state index >= 15 is 0 Å². The third-order valence-electron chi connectivity index (χ3n) is 5.22. The lowest BCUT2D eigenvalue weighted by molar-refractivity contribution is -0.122. The van der Waals surface area contributed by atoms with Gasteiger partial charge in [-0.05, 0) is 31.0 Å². The summed E-state index contributed by atoms with van der Waals surface area (Å²) in [6, 6.07) is 13.2. The van der Waals surface area contributed by atoms with Crippen molar-refractivity contribution in [2.75, 3.05) is 6.54 Å². The van der Waals surface area contributed by atoms with E-state index in [4.69, 9.17) is 0 Å². The van der Waals surface area contributed by atoms with Crippen molar-refractivity contribution in [3.63, 3.8) is 0 Å². The minimum absolute atomic E-state index is 0.00118. The van der Waals surface area contributed by atoms with Crippen LogP contribution in [0.15, 0.2) is 63.2 Å². The number of nitrogens with zero attached hydrogens (tertiary/aromatic N) is 2. The summed E-state index contributed by atoms with van der Waals surface area (Å²) in [5, 5.41) is 6.75. The highest BCUT2D eigenvalue weighted by atomic mass is 32.2. The fourth-order valence-electron chi connectivity index (χ4n) is 3.55. The van der Waals surface area contributed by atoms with Gasteiger partial charge in [0.05, 0.1) is 10.3 Å². The molecule has 0 unspecified atom stereocenters. The van der Waals surface area contributed by atoms with Crippen LogP contribution >= 0.6 is 0 Å². The SMILES string of the molecule is O=C(CCCCCN=C1NS(=O)(=O)c2ccccc21)NNC(=O)c1n[nH]c(=O)c2ccccc12. The van der Waals surface area contributed by atoms with Gasteiger partial charge in [-0.25, -0.2) is 13.5 Å². The average Bonchev–Trinajstić information content (AvgIpc) is 3.10. The number of fused-ring (bicyclic) bond motifs is 2. The standard InChI is InChI=1S/C22H22N6O5S/c29-18(24-27-22(31)19-14-8-3-4-9-15(14)21(30)26-25-19)12-2-1-7-13-23-20-16-10-5-6-11-17(16)34(32,33)28-20/h3-6,8-11H,1-2,7,12-13H2,(H,23,28)(H,24,29)(H,26,30)(H,27,31). The van der Waals surface area contributed by atoms with E-state index in [1.54, 1.807) is 42.5 Å². The van der Waals surface area contributed by atoms with Gasteiger partial charge < -0.3 is 0 Å². The van der Waals surface area contributed by atoms with Gasteiger partial charge in [0.2, 0.25) is 5.91 Å². The summed E-state index contributed by atoms with van der Waals surface area (Å²) in [7, 11) is -3.55. The number of hydrogen-bond donors (Lipinski definition) is 4. The predicted octanol–water partition coefficient (Wildman–Crippen LogP) is 0.983. The molecule has 2 aromatic carbocycles. The summed E-state index contributed by atoms with van der Waals surface area (Å²) >= 11 is 0. The Labute approximate surface area is 194 Å². The Morgan fingerprint density at radius 2 is 1.68 bits per heavy atom. The monoisotopic (exact) mass is 482 g/mol. The Morgan fingerprint density at radius 1 is 0.941 bits per heavy atom. The van der Waals surface area contributed by atoms with Gasteiger partial charge in [-0.15, -0.1) is 0 Å². The topological polar surface area (TPSA) is 162 Å². The summed E-state index contributed by atoms with van der Waals surface area (Å²) in [6.45, 7) is 0.412. The molecule has 0 fully saturated rings. The molecule has 0 spiro atoms. The van der Waals surface area contributed by atoms with Gasteiger partial charge in [0.25, 0.3) is 21.5 Å². The van der Waals surface area contributed by atoms with Crippen LogP contribution in [-0.2, 0) is 14.8 Å². The first-order chi connectivity index (χ1) is 16.4. The number of aromatic nitrogens is 2. The zero-order valence-electron chi connectivity index (χ0n) is 18.0. The number of benzene rings is 2. The highest BCUT2D eigenvalue weighted by Crippen LogP contribution is 2.22. The number of hydrogen-bond acceptors (Lipinski definition) is 7. The van der Waals surface area contributed by atoms with Gasteiger partial charge in [0.15, 0.2) is 5.69 Å². The molecule has 176 valence electrons. The number of sulfonamides is 1. The summed E-state index contributed by atoms with van der Waals surface area (Å²) in [5.41, 5.74) is 4.80. The molecule has 0 aliphatic carbocycles. The largest absolute Gasteiger partial charge is 0.290 e. The van der Waals surface area contributed by atoms with Crippen molar-refractivity contribution in [2.45, 2.75) is 30.6 Å². The lowest BCUT2D eigenvalue weighted by atomic mass is 10.1. The highest BCUT2D eigenvalue weighted by Gasteiger charge is 2.29. The Hall–Kier alpha value is -4.06. The van der Waals surface area contributed by atoms with Crippen LogP contribution in [0.5, 0.6) is 0 Å². The lowest BCUT2D eigenvalue weighted by Gasteiger charge is -2.08. The number of rotatable bonds is 7. The number of unbranched alkanes of at least 4 members (excludes halogenated alkanes) is 2. The zero-order chi connectivity index (χ0) is 24.1. The Balaban J connectivity index is 1.20. The van der Waals surface area contributed by atoms with Gasteiger partial charge in [-0.1, -0.05) is 36.8 Å². The van der Waals surface area contributed by atoms with E-state index in [0.717, 1.165) is 0 Å². The van der Waals surface area contributed by atoms with Crippen molar-refractivity contribution < 1.29 is 18.0 Å². The average molecular weight is 483 g/mol. The second kappa shape index (κ2) is 9.83. The van der Waals surface area contributed by atoms with Crippen molar-refractivity contribution in [1.82, 2.24) is 25.8 Å². The number of amides is 2. The fourth-order valence-corrected chi connectivity index (χ4v) is 4.80. The first-order valence-electron chi connectivity index (χ1n) is 10.6. The van der Waals surface area contributed by atoms with Crippen LogP contribution in [0.2, 0.25) is 0 Å². The van der Waals surface area contributed by atoms with Gasteiger partial charge in [0.1, 0.15) is 5.84 Å². The van der Waals surface area contributed by atoms with Crippen molar-refractivity contribution >= 4 is 38.4 Å². The highest BCUT2D eigenvalue weighted by molar-refractivity contribution is 7.90. The van der Waals surface area contributed by atoms with E-state index in [0.29, 0.717) is 48.0 Å². The molecule has 4 N–H and O–H groups in total. The zero-order valence-corrected chi connectivity index (χ0v) is 18.8. The maximum absolute atomic E-state index is 12.4.